The summed E-state index contributed by atoms with van der Waals surface area (Å²) < 4.78 is 4.97. The first-order chi connectivity index (χ1) is 10.3. The van der Waals surface area contributed by atoms with E-state index in [1.54, 1.807) is 31.2 Å². The second-order valence-electron chi connectivity index (χ2n) is 3.82. The van der Waals surface area contributed by atoms with Crippen molar-refractivity contribution in [2.45, 2.75) is 6.92 Å². The largest absolute Gasteiger partial charge is 0.462 e. The molecule has 0 aliphatic heterocycles. The Morgan fingerprint density at radius 1 is 1.52 bits per heavy atom. The molecule has 0 atom stereocenters. The number of benzene rings is 1. The lowest BCUT2D eigenvalue weighted by Crippen LogP contribution is -2.07. The van der Waals surface area contributed by atoms with Crippen LogP contribution in [0, 0.1) is 11.3 Å². The number of nitrogens with one attached hydrogen (secondary N) is 2. The molecule has 1 heterocycles. The van der Waals surface area contributed by atoms with Crippen LogP contribution in [0.15, 0.2) is 30.5 Å². The van der Waals surface area contributed by atoms with Gasteiger partial charge < -0.3 is 10.1 Å². The molecule has 0 aliphatic rings. The maximum Gasteiger partial charge on any atom is 0.340 e. The third-order valence-electron chi connectivity index (χ3n) is 2.50. The third-order valence-corrected chi connectivity index (χ3v) is 2.50. The summed E-state index contributed by atoms with van der Waals surface area (Å²) in [5.41, 5.74) is 1.08. The first-order valence-electron chi connectivity index (χ1n) is 6.13. The number of hydrogen-bond acceptors (Lipinski definition) is 7. The maximum atomic E-state index is 11.8. The molecule has 0 saturated heterocycles. The monoisotopic (exact) mass is 284 g/mol. The van der Waals surface area contributed by atoms with E-state index in [0.29, 0.717) is 11.3 Å². The van der Waals surface area contributed by atoms with Crippen molar-refractivity contribution in [3.63, 3.8) is 0 Å². The minimum absolute atomic E-state index is 0.165. The van der Waals surface area contributed by atoms with Crippen molar-refractivity contribution in [1.82, 2.24) is 20.6 Å². The summed E-state index contributed by atoms with van der Waals surface area (Å²) in [6.07, 6.45) is 1.41. The topological polar surface area (TPSA) is 117 Å². The second kappa shape index (κ2) is 6.81. The molecule has 0 aliphatic carbocycles. The normalized spacial score (nSPS) is 10.8. The lowest BCUT2D eigenvalue weighted by Gasteiger charge is -2.08. The van der Waals surface area contributed by atoms with Crippen LogP contribution in [-0.4, -0.2) is 33.2 Å². The molecule has 8 heteroatoms. The molecule has 0 amide bonds. The second-order valence-corrected chi connectivity index (χ2v) is 3.82. The van der Waals surface area contributed by atoms with Crippen molar-refractivity contribution in [2.24, 2.45) is 0 Å². The minimum Gasteiger partial charge on any atom is -0.462 e. The van der Waals surface area contributed by atoms with Crippen LogP contribution < -0.4 is 5.32 Å². The molecular formula is C13H12N6O2. The van der Waals surface area contributed by atoms with E-state index in [2.05, 4.69) is 25.9 Å². The standard InChI is InChI=1S/C13H12N6O2/c1-2-21-13(20)10-5-3-4-6-11(10)15-8-9(7-14)12-16-18-19-17-12/h3-6,8,15H,2H2,1H3,(H,16,17,18,19). The van der Waals surface area contributed by atoms with E-state index in [4.69, 9.17) is 10.00 Å². The van der Waals surface area contributed by atoms with Gasteiger partial charge in [0.2, 0.25) is 5.82 Å². The molecule has 0 bridgehead atoms. The highest BCUT2D eigenvalue weighted by molar-refractivity contribution is 5.96. The molecule has 2 aromatic rings. The molecule has 0 spiro atoms. The van der Waals surface area contributed by atoms with E-state index >= 15 is 0 Å². The highest BCUT2D eigenvalue weighted by atomic mass is 16.5. The van der Waals surface area contributed by atoms with Crippen LogP contribution in [0.25, 0.3) is 5.57 Å². The van der Waals surface area contributed by atoms with Crippen LogP contribution >= 0.6 is 0 Å². The number of para-hydroxylation sites is 1. The summed E-state index contributed by atoms with van der Waals surface area (Å²) in [7, 11) is 0. The Morgan fingerprint density at radius 3 is 3.00 bits per heavy atom. The number of H-pyrrole nitrogens is 1. The highest BCUT2D eigenvalue weighted by Gasteiger charge is 2.12. The smallest absolute Gasteiger partial charge is 0.340 e. The fraction of sp³-hybridized carbons (Fsp3) is 0.154. The van der Waals surface area contributed by atoms with Crippen LogP contribution in [0.1, 0.15) is 23.1 Å². The Bertz CT molecular complexity index is 687. The molecular weight excluding hydrogens is 272 g/mol. The molecule has 1 aromatic carbocycles. The lowest BCUT2D eigenvalue weighted by atomic mass is 10.2. The van der Waals surface area contributed by atoms with Crippen LogP contribution in [0.5, 0.6) is 0 Å². The number of aromatic amines is 1. The van der Waals surface area contributed by atoms with Gasteiger partial charge in [-0.3, -0.25) is 0 Å². The van der Waals surface area contributed by atoms with Gasteiger partial charge in [0.1, 0.15) is 11.6 Å². The van der Waals surface area contributed by atoms with Crippen molar-refractivity contribution in [1.29, 1.82) is 5.26 Å². The number of hydrogen-bond donors (Lipinski definition) is 2. The summed E-state index contributed by atoms with van der Waals surface area (Å²) in [5.74, 6) is -0.273. The van der Waals surface area contributed by atoms with Gasteiger partial charge in [-0.2, -0.15) is 10.5 Å². The number of ether oxygens (including phenoxy) is 1. The maximum absolute atomic E-state index is 11.8. The number of nitriles is 1. The van der Waals surface area contributed by atoms with Gasteiger partial charge >= 0.3 is 5.97 Å². The average Bonchev–Trinajstić information content (AvgIpc) is 3.03. The van der Waals surface area contributed by atoms with Gasteiger partial charge in [-0.15, -0.1) is 10.2 Å². The average molecular weight is 284 g/mol. The summed E-state index contributed by atoms with van der Waals surface area (Å²) in [6.45, 7) is 2.02. The van der Waals surface area contributed by atoms with E-state index in [1.807, 2.05) is 6.07 Å². The fourth-order valence-electron chi connectivity index (χ4n) is 1.57. The molecule has 106 valence electrons. The predicted octanol–water partition coefficient (Wildman–Crippen LogP) is 1.35. The molecule has 2 rings (SSSR count). The number of carbonyl (C=O) groups is 1. The number of allylic oxidation sites excluding steroid dienone is 1. The van der Waals surface area contributed by atoms with Crippen LogP contribution in [0.3, 0.4) is 0 Å². The number of anilines is 1. The van der Waals surface area contributed by atoms with E-state index in [0.717, 1.165) is 0 Å². The van der Waals surface area contributed by atoms with Crippen molar-refractivity contribution in [3.05, 3.63) is 41.9 Å². The summed E-state index contributed by atoms with van der Waals surface area (Å²) in [6, 6.07) is 8.77. The van der Waals surface area contributed by atoms with Gasteiger partial charge in [0.05, 0.1) is 17.9 Å². The molecule has 0 radical (unpaired) electrons. The van der Waals surface area contributed by atoms with Gasteiger partial charge in [-0.05, 0) is 24.3 Å². The van der Waals surface area contributed by atoms with Crippen molar-refractivity contribution in [3.8, 4) is 6.07 Å². The molecule has 21 heavy (non-hydrogen) atoms. The molecule has 1 aromatic heterocycles. The van der Waals surface area contributed by atoms with Gasteiger partial charge in [-0.25, -0.2) is 4.79 Å². The van der Waals surface area contributed by atoms with Gasteiger partial charge in [-0.1, -0.05) is 12.1 Å². The zero-order valence-corrected chi connectivity index (χ0v) is 11.2. The quantitative estimate of drug-likeness (QED) is 0.628. The predicted molar refractivity (Wildman–Crippen MR) is 73.8 cm³/mol. The van der Waals surface area contributed by atoms with Crippen molar-refractivity contribution in [2.75, 3.05) is 11.9 Å². The van der Waals surface area contributed by atoms with Crippen molar-refractivity contribution >= 4 is 17.2 Å². The first kappa shape index (κ1) is 14.2. The van der Waals surface area contributed by atoms with Gasteiger partial charge in [0.25, 0.3) is 0 Å². The summed E-state index contributed by atoms with van der Waals surface area (Å²) in [4.78, 5) is 11.8. The van der Waals surface area contributed by atoms with E-state index in [-0.39, 0.29) is 18.0 Å². The number of aromatic nitrogens is 4. The molecule has 2 N–H and O–H groups in total. The Kier molecular flexibility index (Phi) is 4.61. The van der Waals surface area contributed by atoms with Gasteiger partial charge in [0, 0.05) is 6.20 Å². The number of nitrogens with zero attached hydrogens (tertiary/aromatic N) is 4. The number of tetrazole rings is 1. The Labute approximate surface area is 120 Å². The van der Waals surface area contributed by atoms with Crippen LogP contribution in [0.4, 0.5) is 5.69 Å². The van der Waals surface area contributed by atoms with E-state index in [1.165, 1.54) is 6.20 Å². The highest BCUT2D eigenvalue weighted by Crippen LogP contribution is 2.17. The number of rotatable bonds is 5. The first-order valence-corrected chi connectivity index (χ1v) is 6.13. The fourth-order valence-corrected chi connectivity index (χ4v) is 1.57. The lowest BCUT2D eigenvalue weighted by molar-refractivity contribution is 0.0527. The summed E-state index contributed by atoms with van der Waals surface area (Å²) >= 11 is 0. The van der Waals surface area contributed by atoms with Crippen LogP contribution in [-0.2, 0) is 4.74 Å². The molecule has 8 nitrogen and oxygen atoms in total. The minimum atomic E-state index is -0.438. The summed E-state index contributed by atoms with van der Waals surface area (Å²) in [5, 5.41) is 25.0. The van der Waals surface area contributed by atoms with Crippen molar-refractivity contribution < 1.29 is 9.53 Å². The Balaban J connectivity index is 2.24. The molecule has 0 saturated carbocycles. The van der Waals surface area contributed by atoms with Crippen LogP contribution in [0.2, 0.25) is 0 Å². The number of esters is 1. The molecule has 0 fully saturated rings. The third kappa shape index (κ3) is 3.42. The Hall–Kier alpha value is -3.21. The van der Waals surface area contributed by atoms with E-state index < -0.39 is 5.97 Å². The zero-order valence-electron chi connectivity index (χ0n) is 11.2. The Morgan fingerprint density at radius 2 is 2.33 bits per heavy atom. The SMILES string of the molecule is CCOC(=O)c1ccccc1NC=C(C#N)c1nn[nH]n1. The molecule has 0 unspecified atom stereocenters. The number of carbonyl (C=O) groups excluding carboxylic acids is 1. The van der Waals surface area contributed by atoms with Gasteiger partial charge in [0.15, 0.2) is 0 Å². The van der Waals surface area contributed by atoms with E-state index in [9.17, 15) is 4.79 Å². The zero-order chi connectivity index (χ0) is 15.1.